The summed E-state index contributed by atoms with van der Waals surface area (Å²) in [6.45, 7) is 6.70. The normalized spacial score (nSPS) is 11.8. The van der Waals surface area contributed by atoms with E-state index in [-0.39, 0.29) is 5.60 Å². The number of aryl methyl sites for hydroxylation is 1. The molecule has 0 fully saturated rings. The van der Waals surface area contributed by atoms with Gasteiger partial charge in [-0.3, -0.25) is 0 Å². The number of methoxy groups -OCH3 is 1. The molecule has 0 radical (unpaired) electrons. The lowest BCUT2D eigenvalue weighted by molar-refractivity contribution is 0.00523. The van der Waals surface area contributed by atoms with Gasteiger partial charge in [0.2, 0.25) is 11.8 Å². The zero-order valence-corrected chi connectivity index (χ0v) is 13.4. The third kappa shape index (κ3) is 3.37. The van der Waals surface area contributed by atoms with E-state index in [1.807, 2.05) is 13.8 Å². The Morgan fingerprint density at radius 3 is 2.75 bits per heavy atom. The number of ether oxygens (including phenoxy) is 2. The SMILES string of the molecule is CNc1nc(OCCC(C)(C)OC)c2cc(C)sc2n1. The minimum atomic E-state index is -0.192. The molecule has 0 aliphatic carbocycles. The number of hydrogen-bond acceptors (Lipinski definition) is 6. The molecule has 0 aromatic carbocycles. The molecule has 2 aromatic heterocycles. The molecule has 0 amide bonds. The number of fused-ring (bicyclic) bond motifs is 1. The molecule has 110 valence electrons. The van der Waals surface area contributed by atoms with Crippen LogP contribution in [0.1, 0.15) is 25.1 Å². The molecule has 0 bridgehead atoms. The van der Waals surface area contributed by atoms with Gasteiger partial charge in [-0.05, 0) is 26.8 Å². The minimum Gasteiger partial charge on any atom is -0.477 e. The van der Waals surface area contributed by atoms with Crippen molar-refractivity contribution in [2.24, 2.45) is 0 Å². The fourth-order valence-corrected chi connectivity index (χ4v) is 2.60. The summed E-state index contributed by atoms with van der Waals surface area (Å²) in [5.41, 5.74) is -0.192. The maximum atomic E-state index is 5.85. The number of anilines is 1. The van der Waals surface area contributed by atoms with Crippen molar-refractivity contribution >= 4 is 27.5 Å². The number of rotatable bonds is 6. The van der Waals surface area contributed by atoms with Crippen molar-refractivity contribution in [3.63, 3.8) is 0 Å². The lowest BCUT2D eigenvalue weighted by atomic mass is 10.1. The second kappa shape index (κ2) is 5.93. The average Bonchev–Trinajstić information content (AvgIpc) is 2.78. The Morgan fingerprint density at radius 1 is 1.35 bits per heavy atom. The minimum absolute atomic E-state index is 0.192. The Hall–Kier alpha value is -1.40. The van der Waals surface area contributed by atoms with E-state index in [0.29, 0.717) is 18.4 Å². The van der Waals surface area contributed by atoms with Gasteiger partial charge in [-0.25, -0.2) is 4.98 Å². The molecule has 0 aliphatic rings. The molecule has 0 saturated carbocycles. The maximum absolute atomic E-state index is 5.85. The molecule has 0 unspecified atom stereocenters. The van der Waals surface area contributed by atoms with E-state index < -0.39 is 0 Å². The van der Waals surface area contributed by atoms with Crippen LogP contribution < -0.4 is 10.1 Å². The Balaban J connectivity index is 2.20. The van der Waals surface area contributed by atoms with Gasteiger partial charge in [0.1, 0.15) is 4.83 Å². The summed E-state index contributed by atoms with van der Waals surface area (Å²) in [4.78, 5) is 11.0. The quantitative estimate of drug-likeness (QED) is 0.886. The van der Waals surface area contributed by atoms with Crippen LogP contribution in [0.4, 0.5) is 5.95 Å². The van der Waals surface area contributed by atoms with Crippen LogP contribution in [-0.4, -0.2) is 36.3 Å². The summed E-state index contributed by atoms with van der Waals surface area (Å²) >= 11 is 1.64. The van der Waals surface area contributed by atoms with Gasteiger partial charge in [-0.15, -0.1) is 11.3 Å². The average molecular weight is 295 g/mol. The largest absolute Gasteiger partial charge is 0.477 e. The van der Waals surface area contributed by atoms with Crippen LogP contribution in [0.5, 0.6) is 5.88 Å². The Bertz CT molecular complexity index is 595. The summed E-state index contributed by atoms with van der Waals surface area (Å²) in [6.07, 6.45) is 0.799. The van der Waals surface area contributed by atoms with Crippen LogP contribution >= 0.6 is 11.3 Å². The van der Waals surface area contributed by atoms with Crippen LogP contribution in [0, 0.1) is 6.92 Å². The van der Waals surface area contributed by atoms with E-state index in [9.17, 15) is 0 Å². The highest BCUT2D eigenvalue weighted by molar-refractivity contribution is 7.18. The van der Waals surface area contributed by atoms with E-state index >= 15 is 0 Å². The lowest BCUT2D eigenvalue weighted by Gasteiger charge is -2.22. The second-order valence-corrected chi connectivity index (χ2v) is 6.48. The predicted molar refractivity (Wildman–Crippen MR) is 82.9 cm³/mol. The number of hydrogen-bond donors (Lipinski definition) is 1. The van der Waals surface area contributed by atoms with E-state index in [0.717, 1.165) is 16.6 Å². The van der Waals surface area contributed by atoms with Crippen molar-refractivity contribution in [1.82, 2.24) is 9.97 Å². The molecule has 0 saturated heterocycles. The first kappa shape index (κ1) is 15.0. The molecule has 0 aliphatic heterocycles. The Morgan fingerprint density at radius 2 is 2.10 bits per heavy atom. The van der Waals surface area contributed by atoms with Crippen molar-refractivity contribution in [2.75, 3.05) is 26.1 Å². The van der Waals surface area contributed by atoms with Gasteiger partial charge in [-0.1, -0.05) is 0 Å². The maximum Gasteiger partial charge on any atom is 0.227 e. The molecule has 6 heteroatoms. The molecular weight excluding hydrogens is 274 g/mol. The van der Waals surface area contributed by atoms with E-state index in [4.69, 9.17) is 9.47 Å². The lowest BCUT2D eigenvalue weighted by Crippen LogP contribution is -2.25. The predicted octanol–water partition coefficient (Wildman–Crippen LogP) is 3.24. The zero-order valence-electron chi connectivity index (χ0n) is 12.6. The first-order valence-corrected chi connectivity index (χ1v) is 7.41. The molecule has 0 spiro atoms. The highest BCUT2D eigenvalue weighted by Crippen LogP contribution is 2.31. The van der Waals surface area contributed by atoms with Crippen molar-refractivity contribution in [3.05, 3.63) is 10.9 Å². The highest BCUT2D eigenvalue weighted by Gasteiger charge is 2.17. The van der Waals surface area contributed by atoms with Crippen molar-refractivity contribution < 1.29 is 9.47 Å². The zero-order chi connectivity index (χ0) is 14.8. The standard InChI is InChI=1S/C14H21N3O2S/c1-9-8-10-11(19-7-6-14(2,3)18-5)16-13(15-4)17-12(10)20-9/h8H,6-7H2,1-5H3,(H,15,16,17). The number of nitrogens with zero attached hydrogens (tertiary/aromatic N) is 2. The number of aromatic nitrogens is 2. The van der Waals surface area contributed by atoms with Crippen LogP contribution in [0.15, 0.2) is 6.07 Å². The van der Waals surface area contributed by atoms with Gasteiger partial charge in [0, 0.05) is 25.5 Å². The van der Waals surface area contributed by atoms with Crippen LogP contribution in [0.25, 0.3) is 10.2 Å². The smallest absolute Gasteiger partial charge is 0.227 e. The van der Waals surface area contributed by atoms with Crippen molar-refractivity contribution in [1.29, 1.82) is 0 Å². The summed E-state index contributed by atoms with van der Waals surface area (Å²) < 4.78 is 11.2. The summed E-state index contributed by atoms with van der Waals surface area (Å²) in [5.74, 6) is 1.22. The molecule has 20 heavy (non-hydrogen) atoms. The fraction of sp³-hybridized carbons (Fsp3) is 0.571. The van der Waals surface area contributed by atoms with Gasteiger partial charge in [-0.2, -0.15) is 4.98 Å². The number of thiophene rings is 1. The van der Waals surface area contributed by atoms with Crippen LogP contribution in [0.3, 0.4) is 0 Å². The summed E-state index contributed by atoms with van der Waals surface area (Å²) in [5, 5.41) is 3.94. The van der Waals surface area contributed by atoms with E-state index in [1.54, 1.807) is 25.5 Å². The number of nitrogens with one attached hydrogen (secondary N) is 1. The van der Waals surface area contributed by atoms with E-state index in [2.05, 4.69) is 28.3 Å². The molecule has 2 heterocycles. The molecule has 2 aromatic rings. The topological polar surface area (TPSA) is 56.3 Å². The Labute approximate surface area is 123 Å². The second-order valence-electron chi connectivity index (χ2n) is 5.24. The van der Waals surface area contributed by atoms with E-state index in [1.165, 1.54) is 4.88 Å². The molecule has 2 rings (SSSR count). The van der Waals surface area contributed by atoms with Crippen molar-refractivity contribution in [2.45, 2.75) is 32.8 Å². The first-order chi connectivity index (χ1) is 9.45. The molecule has 5 nitrogen and oxygen atoms in total. The summed E-state index contributed by atoms with van der Waals surface area (Å²) in [6, 6.07) is 2.07. The third-order valence-corrected chi connectivity index (χ3v) is 4.14. The van der Waals surface area contributed by atoms with Gasteiger partial charge in [0.25, 0.3) is 0 Å². The molecular formula is C14H21N3O2S. The Kier molecular flexibility index (Phi) is 4.45. The first-order valence-electron chi connectivity index (χ1n) is 6.59. The van der Waals surface area contributed by atoms with Gasteiger partial charge < -0.3 is 14.8 Å². The highest BCUT2D eigenvalue weighted by atomic mass is 32.1. The van der Waals surface area contributed by atoms with Gasteiger partial charge >= 0.3 is 0 Å². The van der Waals surface area contributed by atoms with Crippen molar-refractivity contribution in [3.8, 4) is 5.88 Å². The van der Waals surface area contributed by atoms with Gasteiger partial charge in [0.05, 0.1) is 17.6 Å². The van der Waals surface area contributed by atoms with Crippen LogP contribution in [-0.2, 0) is 4.74 Å². The molecule has 1 N–H and O–H groups in total. The fourth-order valence-electron chi connectivity index (χ4n) is 1.73. The van der Waals surface area contributed by atoms with Gasteiger partial charge in [0.15, 0.2) is 0 Å². The monoisotopic (exact) mass is 295 g/mol. The third-order valence-electron chi connectivity index (χ3n) is 3.20. The summed E-state index contributed by atoms with van der Waals surface area (Å²) in [7, 11) is 3.52. The molecule has 0 atom stereocenters. The van der Waals surface area contributed by atoms with Crippen LogP contribution in [0.2, 0.25) is 0 Å².